The predicted molar refractivity (Wildman–Crippen MR) is 261 cm³/mol. The number of hydrogen-bond donors (Lipinski definition) is 0. The van der Waals surface area contributed by atoms with Crippen molar-refractivity contribution in [3.63, 3.8) is 0 Å². The highest BCUT2D eigenvalue weighted by atomic mass is 16.6. The van der Waals surface area contributed by atoms with Crippen LogP contribution in [0, 0.1) is 11.8 Å². The summed E-state index contributed by atoms with van der Waals surface area (Å²) in [6, 6.07) is 0. The zero-order valence-corrected chi connectivity index (χ0v) is 41.8. The zero-order chi connectivity index (χ0) is 44.7. The van der Waals surface area contributed by atoms with E-state index in [0.29, 0.717) is 19.3 Å². The Bertz CT molecular complexity index is 935. The highest BCUT2D eigenvalue weighted by Crippen LogP contribution is 2.18. The van der Waals surface area contributed by atoms with E-state index in [4.69, 9.17) is 14.2 Å². The Morgan fingerprint density at radius 2 is 0.574 bits per heavy atom. The molecule has 0 fully saturated rings. The lowest BCUT2D eigenvalue weighted by molar-refractivity contribution is -0.167. The summed E-state index contributed by atoms with van der Waals surface area (Å²) in [6.45, 7) is 11.4. The molecule has 0 aromatic carbocycles. The van der Waals surface area contributed by atoms with E-state index in [9.17, 15) is 14.4 Å². The molecule has 0 saturated carbocycles. The van der Waals surface area contributed by atoms with Gasteiger partial charge in [-0.2, -0.15) is 0 Å². The van der Waals surface area contributed by atoms with Gasteiger partial charge in [0.25, 0.3) is 0 Å². The van der Waals surface area contributed by atoms with Crippen LogP contribution in [0.25, 0.3) is 0 Å². The van der Waals surface area contributed by atoms with E-state index in [1.165, 1.54) is 193 Å². The number of ether oxygens (including phenoxy) is 3. The number of carbonyl (C=O) groups is 3. The van der Waals surface area contributed by atoms with Crippen molar-refractivity contribution in [3.8, 4) is 0 Å². The number of unbranched alkanes of at least 4 members (excludes halogenated alkanes) is 32. The minimum atomic E-state index is -0.762. The molecule has 0 spiro atoms. The molecular weight excluding hydrogens is 757 g/mol. The largest absolute Gasteiger partial charge is 0.462 e. The van der Waals surface area contributed by atoms with Crippen LogP contribution in [-0.4, -0.2) is 37.2 Å². The van der Waals surface area contributed by atoms with Crippen LogP contribution in [-0.2, 0) is 28.6 Å². The van der Waals surface area contributed by atoms with E-state index < -0.39 is 6.10 Å². The van der Waals surface area contributed by atoms with E-state index in [0.717, 1.165) is 69.6 Å². The lowest BCUT2D eigenvalue weighted by atomic mass is 9.99. The standard InChI is InChI=1S/C55H106O6/c1-6-9-10-11-12-13-14-17-21-24-30-35-40-45-53(56)59-48-52(61-55(58)47-42-37-32-27-26-29-34-39-44-51(5)8-3)49-60-54(57)46-41-36-31-25-22-19-16-15-18-20-23-28-33-38-43-50(4)7-2/h50-52H,6-49H2,1-5H3/t50?,51?,52-/m0/s1. The van der Waals surface area contributed by atoms with E-state index in [1.54, 1.807) is 0 Å². The molecule has 0 aliphatic rings. The zero-order valence-electron chi connectivity index (χ0n) is 41.8. The number of hydrogen-bond acceptors (Lipinski definition) is 6. The summed E-state index contributed by atoms with van der Waals surface area (Å²) in [7, 11) is 0. The molecule has 0 aliphatic heterocycles. The van der Waals surface area contributed by atoms with Gasteiger partial charge in [0, 0.05) is 19.3 Å². The summed E-state index contributed by atoms with van der Waals surface area (Å²) in [5.41, 5.74) is 0. The van der Waals surface area contributed by atoms with Gasteiger partial charge in [0.15, 0.2) is 6.10 Å². The molecule has 0 heterocycles. The fourth-order valence-corrected chi connectivity index (χ4v) is 8.28. The topological polar surface area (TPSA) is 78.9 Å². The van der Waals surface area contributed by atoms with Crippen molar-refractivity contribution in [2.45, 2.75) is 310 Å². The molecule has 0 rings (SSSR count). The fraction of sp³-hybridized carbons (Fsp3) is 0.945. The van der Waals surface area contributed by atoms with E-state index in [2.05, 4.69) is 34.6 Å². The van der Waals surface area contributed by atoms with Crippen LogP contribution in [0.15, 0.2) is 0 Å². The second-order valence-electron chi connectivity index (χ2n) is 19.4. The number of rotatable bonds is 49. The van der Waals surface area contributed by atoms with Gasteiger partial charge >= 0.3 is 17.9 Å². The second kappa shape index (κ2) is 47.9. The molecule has 6 nitrogen and oxygen atoms in total. The first kappa shape index (κ1) is 59.4. The summed E-state index contributed by atoms with van der Waals surface area (Å²) in [6.07, 6.45) is 49.3. The molecule has 0 aromatic heterocycles. The highest BCUT2D eigenvalue weighted by Gasteiger charge is 2.19. The molecule has 0 saturated heterocycles. The summed E-state index contributed by atoms with van der Waals surface area (Å²) < 4.78 is 16.8. The first-order valence-electron chi connectivity index (χ1n) is 27.3. The average molecular weight is 863 g/mol. The van der Waals surface area contributed by atoms with Crippen molar-refractivity contribution in [3.05, 3.63) is 0 Å². The van der Waals surface area contributed by atoms with Crippen LogP contribution in [0.2, 0.25) is 0 Å². The molecule has 0 bridgehead atoms. The summed E-state index contributed by atoms with van der Waals surface area (Å²) >= 11 is 0. The monoisotopic (exact) mass is 863 g/mol. The van der Waals surface area contributed by atoms with Gasteiger partial charge in [-0.1, -0.05) is 266 Å². The van der Waals surface area contributed by atoms with Gasteiger partial charge in [0.05, 0.1) is 0 Å². The van der Waals surface area contributed by atoms with Gasteiger partial charge in [0.2, 0.25) is 0 Å². The Balaban J connectivity index is 4.28. The van der Waals surface area contributed by atoms with Crippen molar-refractivity contribution in [1.29, 1.82) is 0 Å². The minimum Gasteiger partial charge on any atom is -0.462 e. The van der Waals surface area contributed by atoms with Crippen LogP contribution < -0.4 is 0 Å². The van der Waals surface area contributed by atoms with Crippen molar-refractivity contribution in [2.75, 3.05) is 13.2 Å². The Morgan fingerprint density at radius 1 is 0.328 bits per heavy atom. The molecule has 362 valence electrons. The SMILES string of the molecule is CCCCCCCCCCCCCCCC(=O)OC[C@@H](COC(=O)CCCCCCCCCCCCCCCCC(C)CC)OC(=O)CCCCCCCCCCC(C)CC. The summed E-state index contributed by atoms with van der Waals surface area (Å²) in [5.74, 6) is 0.895. The van der Waals surface area contributed by atoms with Crippen LogP contribution in [0.3, 0.4) is 0 Å². The molecule has 61 heavy (non-hydrogen) atoms. The average Bonchev–Trinajstić information content (AvgIpc) is 3.26. The van der Waals surface area contributed by atoms with Crippen LogP contribution >= 0.6 is 0 Å². The van der Waals surface area contributed by atoms with Crippen molar-refractivity contribution < 1.29 is 28.6 Å². The number of carbonyl (C=O) groups excluding carboxylic acids is 3. The first-order valence-corrected chi connectivity index (χ1v) is 27.3. The molecule has 2 unspecified atom stereocenters. The molecular formula is C55H106O6. The summed E-state index contributed by atoms with van der Waals surface area (Å²) in [5, 5.41) is 0. The maximum Gasteiger partial charge on any atom is 0.306 e. The Labute approximate surface area is 380 Å². The van der Waals surface area contributed by atoms with E-state index >= 15 is 0 Å². The first-order chi connectivity index (χ1) is 29.8. The molecule has 0 radical (unpaired) electrons. The Morgan fingerprint density at radius 3 is 0.852 bits per heavy atom. The minimum absolute atomic E-state index is 0.0636. The lowest BCUT2D eigenvalue weighted by Gasteiger charge is -2.18. The maximum absolute atomic E-state index is 12.8. The quantitative estimate of drug-likeness (QED) is 0.0344. The van der Waals surface area contributed by atoms with Gasteiger partial charge in [-0.15, -0.1) is 0 Å². The van der Waals surface area contributed by atoms with Crippen LogP contribution in [0.5, 0.6) is 0 Å². The van der Waals surface area contributed by atoms with Crippen molar-refractivity contribution in [1.82, 2.24) is 0 Å². The maximum atomic E-state index is 12.8. The Hall–Kier alpha value is -1.59. The molecule has 0 aliphatic carbocycles. The van der Waals surface area contributed by atoms with Gasteiger partial charge in [-0.25, -0.2) is 0 Å². The number of esters is 3. The molecule has 3 atom stereocenters. The third kappa shape index (κ3) is 46.2. The van der Waals surface area contributed by atoms with Gasteiger partial charge in [-0.05, 0) is 31.1 Å². The van der Waals surface area contributed by atoms with E-state index in [1.807, 2.05) is 0 Å². The Kier molecular flexibility index (Phi) is 46.6. The summed E-state index contributed by atoms with van der Waals surface area (Å²) in [4.78, 5) is 38.0. The molecule has 0 N–H and O–H groups in total. The predicted octanol–water partition coefficient (Wildman–Crippen LogP) is 17.7. The van der Waals surface area contributed by atoms with Gasteiger partial charge < -0.3 is 14.2 Å². The third-order valence-corrected chi connectivity index (χ3v) is 13.2. The van der Waals surface area contributed by atoms with Gasteiger partial charge in [-0.3, -0.25) is 14.4 Å². The van der Waals surface area contributed by atoms with Gasteiger partial charge in [0.1, 0.15) is 13.2 Å². The fourth-order valence-electron chi connectivity index (χ4n) is 8.28. The van der Waals surface area contributed by atoms with Crippen LogP contribution in [0.1, 0.15) is 304 Å². The highest BCUT2D eigenvalue weighted by molar-refractivity contribution is 5.71. The van der Waals surface area contributed by atoms with Crippen molar-refractivity contribution in [2.24, 2.45) is 11.8 Å². The third-order valence-electron chi connectivity index (χ3n) is 13.2. The van der Waals surface area contributed by atoms with Crippen molar-refractivity contribution >= 4 is 17.9 Å². The second-order valence-corrected chi connectivity index (χ2v) is 19.4. The molecule has 0 aromatic rings. The lowest BCUT2D eigenvalue weighted by Crippen LogP contribution is -2.30. The molecule has 0 amide bonds. The molecule has 6 heteroatoms. The van der Waals surface area contributed by atoms with Crippen LogP contribution in [0.4, 0.5) is 0 Å². The smallest absolute Gasteiger partial charge is 0.306 e. The van der Waals surface area contributed by atoms with E-state index in [-0.39, 0.29) is 31.1 Å². The normalized spacial score (nSPS) is 12.9.